The topological polar surface area (TPSA) is 62.6 Å². The summed E-state index contributed by atoms with van der Waals surface area (Å²) in [4.78, 5) is 27.0. The average molecular weight is 338 g/mol. The number of rotatable bonds is 4. The molecule has 4 rings (SSSR count). The van der Waals surface area contributed by atoms with Crippen molar-refractivity contribution in [2.75, 3.05) is 13.1 Å². The minimum atomic E-state index is -0.0211. The minimum absolute atomic E-state index is 0.0118. The molecule has 5 nitrogen and oxygen atoms in total. The summed E-state index contributed by atoms with van der Waals surface area (Å²) in [5.41, 5.74) is 1.80. The van der Waals surface area contributed by atoms with E-state index in [1.807, 2.05) is 48.2 Å². The average Bonchev–Trinajstić information content (AvgIpc) is 2.95. The molecule has 2 aliphatic rings. The lowest BCUT2D eigenvalue weighted by Gasteiger charge is -2.17. The van der Waals surface area contributed by atoms with Gasteiger partial charge in [-0.2, -0.15) is 0 Å². The van der Waals surface area contributed by atoms with Crippen LogP contribution in [0.15, 0.2) is 47.1 Å². The number of furan rings is 1. The first kappa shape index (κ1) is 15.9. The van der Waals surface area contributed by atoms with Gasteiger partial charge in [0.05, 0.1) is 12.8 Å². The van der Waals surface area contributed by atoms with Gasteiger partial charge >= 0.3 is 0 Å². The third kappa shape index (κ3) is 3.06. The molecule has 1 saturated carbocycles. The zero-order valence-corrected chi connectivity index (χ0v) is 14.3. The standard InChI is InChI=1S/C20H22N2O3/c1-14-4-2-5-15(10-14)19(24)22-8-7-20(13-22)11-17(20)18(23)21-12-16-6-3-9-25-16/h2-6,9-10,17H,7-8,11-13H2,1H3,(H,21,23)/t17-,20+/m1/s1. The van der Waals surface area contributed by atoms with Gasteiger partial charge in [-0.15, -0.1) is 0 Å². The predicted octanol–water partition coefficient (Wildman–Crippen LogP) is 2.76. The zero-order valence-electron chi connectivity index (χ0n) is 14.3. The van der Waals surface area contributed by atoms with Crippen molar-refractivity contribution < 1.29 is 14.0 Å². The van der Waals surface area contributed by atoms with Crippen LogP contribution in [0.5, 0.6) is 0 Å². The maximum atomic E-state index is 12.7. The molecule has 1 N–H and O–H groups in total. The van der Waals surface area contributed by atoms with Gasteiger partial charge in [0.25, 0.3) is 5.91 Å². The third-order valence-electron chi connectivity index (χ3n) is 5.46. The Bertz CT molecular complexity index is 799. The molecule has 0 radical (unpaired) electrons. The quantitative estimate of drug-likeness (QED) is 0.932. The predicted molar refractivity (Wildman–Crippen MR) is 92.8 cm³/mol. The van der Waals surface area contributed by atoms with Crippen molar-refractivity contribution in [1.29, 1.82) is 0 Å². The normalized spacial score (nSPS) is 24.5. The van der Waals surface area contributed by atoms with Gasteiger partial charge in [-0.3, -0.25) is 9.59 Å². The Balaban J connectivity index is 1.35. The van der Waals surface area contributed by atoms with Crippen LogP contribution >= 0.6 is 0 Å². The van der Waals surface area contributed by atoms with Crippen LogP contribution in [0.25, 0.3) is 0 Å². The van der Waals surface area contributed by atoms with Crippen LogP contribution < -0.4 is 5.32 Å². The highest BCUT2D eigenvalue weighted by atomic mass is 16.3. The molecule has 1 aliphatic carbocycles. The molecule has 1 saturated heterocycles. The monoisotopic (exact) mass is 338 g/mol. The van der Waals surface area contributed by atoms with Crippen molar-refractivity contribution in [3.8, 4) is 0 Å². The van der Waals surface area contributed by atoms with E-state index in [4.69, 9.17) is 4.42 Å². The molecule has 2 aromatic rings. The lowest BCUT2D eigenvalue weighted by Crippen LogP contribution is -2.31. The van der Waals surface area contributed by atoms with Crippen LogP contribution in [0.4, 0.5) is 0 Å². The van der Waals surface area contributed by atoms with E-state index >= 15 is 0 Å². The Labute approximate surface area is 147 Å². The van der Waals surface area contributed by atoms with Crippen LogP contribution in [0, 0.1) is 18.3 Å². The number of benzene rings is 1. The molecule has 2 atom stereocenters. The Morgan fingerprint density at radius 1 is 1.32 bits per heavy atom. The van der Waals surface area contributed by atoms with Crippen LogP contribution in [-0.4, -0.2) is 29.8 Å². The van der Waals surface area contributed by atoms with E-state index < -0.39 is 0 Å². The Morgan fingerprint density at radius 2 is 2.20 bits per heavy atom. The van der Waals surface area contributed by atoms with Crippen molar-refractivity contribution in [3.63, 3.8) is 0 Å². The summed E-state index contributed by atoms with van der Waals surface area (Å²) in [6.07, 6.45) is 3.38. The molecule has 5 heteroatoms. The highest BCUT2D eigenvalue weighted by Gasteiger charge is 2.61. The van der Waals surface area contributed by atoms with E-state index in [9.17, 15) is 9.59 Å². The number of nitrogens with zero attached hydrogens (tertiary/aromatic N) is 1. The van der Waals surface area contributed by atoms with Gasteiger partial charge in [0.15, 0.2) is 0 Å². The number of aryl methyl sites for hydroxylation is 1. The molecule has 130 valence electrons. The number of nitrogens with one attached hydrogen (secondary N) is 1. The van der Waals surface area contributed by atoms with Crippen molar-refractivity contribution in [2.45, 2.75) is 26.3 Å². The highest BCUT2D eigenvalue weighted by molar-refractivity contribution is 5.95. The van der Waals surface area contributed by atoms with E-state index in [-0.39, 0.29) is 23.1 Å². The summed E-state index contributed by atoms with van der Waals surface area (Å²) in [6, 6.07) is 11.3. The van der Waals surface area contributed by atoms with E-state index in [0.29, 0.717) is 13.1 Å². The maximum Gasteiger partial charge on any atom is 0.253 e. The van der Waals surface area contributed by atoms with E-state index in [2.05, 4.69) is 5.32 Å². The molecule has 0 unspecified atom stereocenters. The van der Waals surface area contributed by atoms with Gasteiger partial charge < -0.3 is 14.6 Å². The number of hydrogen-bond acceptors (Lipinski definition) is 3. The molecular formula is C20H22N2O3. The summed E-state index contributed by atoms with van der Waals surface area (Å²) in [7, 11) is 0. The second kappa shape index (κ2) is 6.06. The molecule has 1 aromatic heterocycles. The number of carbonyl (C=O) groups excluding carboxylic acids is 2. The van der Waals surface area contributed by atoms with Crippen LogP contribution in [-0.2, 0) is 11.3 Å². The van der Waals surface area contributed by atoms with Crippen molar-refractivity contribution in [1.82, 2.24) is 10.2 Å². The van der Waals surface area contributed by atoms with Crippen molar-refractivity contribution in [2.24, 2.45) is 11.3 Å². The van der Waals surface area contributed by atoms with Crippen LogP contribution in [0.2, 0.25) is 0 Å². The van der Waals surface area contributed by atoms with Gasteiger partial charge in [0.1, 0.15) is 5.76 Å². The molecule has 2 amide bonds. The van der Waals surface area contributed by atoms with E-state index in [1.54, 1.807) is 6.26 Å². The summed E-state index contributed by atoms with van der Waals surface area (Å²) >= 11 is 0. The fourth-order valence-corrected chi connectivity index (χ4v) is 3.91. The summed E-state index contributed by atoms with van der Waals surface area (Å²) in [5, 5.41) is 2.95. The summed E-state index contributed by atoms with van der Waals surface area (Å²) in [5.74, 6) is 0.909. The SMILES string of the molecule is Cc1cccc(C(=O)N2CC[C@]3(C[C@@H]3C(=O)NCc3ccco3)C2)c1. The maximum absolute atomic E-state index is 12.7. The van der Waals surface area contributed by atoms with Gasteiger partial charge in [-0.05, 0) is 44.0 Å². The first-order valence-corrected chi connectivity index (χ1v) is 8.73. The molecule has 25 heavy (non-hydrogen) atoms. The van der Waals surface area contributed by atoms with Crippen molar-refractivity contribution in [3.05, 3.63) is 59.5 Å². The minimum Gasteiger partial charge on any atom is -0.467 e. The number of hydrogen-bond donors (Lipinski definition) is 1. The molecule has 2 heterocycles. The van der Waals surface area contributed by atoms with Gasteiger partial charge in [0, 0.05) is 30.0 Å². The van der Waals surface area contributed by atoms with E-state index in [1.165, 1.54) is 0 Å². The van der Waals surface area contributed by atoms with Crippen LogP contribution in [0.3, 0.4) is 0 Å². The van der Waals surface area contributed by atoms with Crippen molar-refractivity contribution >= 4 is 11.8 Å². The molecular weight excluding hydrogens is 316 g/mol. The first-order valence-electron chi connectivity index (χ1n) is 8.73. The fraction of sp³-hybridized carbons (Fsp3) is 0.400. The van der Waals surface area contributed by atoms with Gasteiger partial charge in [-0.25, -0.2) is 0 Å². The second-order valence-corrected chi connectivity index (χ2v) is 7.26. The second-order valence-electron chi connectivity index (χ2n) is 7.26. The van der Waals surface area contributed by atoms with Gasteiger partial charge in [-0.1, -0.05) is 17.7 Å². The fourth-order valence-electron chi connectivity index (χ4n) is 3.91. The van der Waals surface area contributed by atoms with E-state index in [0.717, 1.165) is 36.3 Å². The molecule has 1 spiro atoms. The molecule has 1 aliphatic heterocycles. The van der Waals surface area contributed by atoms with Crippen LogP contribution in [0.1, 0.15) is 34.5 Å². The Morgan fingerprint density at radius 3 is 2.96 bits per heavy atom. The largest absolute Gasteiger partial charge is 0.467 e. The molecule has 0 bridgehead atoms. The lowest BCUT2D eigenvalue weighted by atomic mass is 10.0. The number of amides is 2. The number of likely N-dealkylation sites (tertiary alicyclic amines) is 1. The summed E-state index contributed by atoms with van der Waals surface area (Å²) < 4.78 is 5.24. The third-order valence-corrected chi connectivity index (χ3v) is 5.46. The Kier molecular flexibility index (Phi) is 3.86. The Hall–Kier alpha value is -2.56. The summed E-state index contributed by atoms with van der Waals surface area (Å²) in [6.45, 7) is 3.82. The van der Waals surface area contributed by atoms with Gasteiger partial charge in [0.2, 0.25) is 5.91 Å². The first-order chi connectivity index (χ1) is 12.1. The lowest BCUT2D eigenvalue weighted by molar-refractivity contribution is -0.123. The molecule has 2 fully saturated rings. The smallest absolute Gasteiger partial charge is 0.253 e. The highest BCUT2D eigenvalue weighted by Crippen LogP contribution is 2.58. The number of carbonyl (C=O) groups is 2. The zero-order chi connectivity index (χ0) is 17.4. The molecule has 1 aromatic carbocycles.